The predicted octanol–water partition coefficient (Wildman–Crippen LogP) is 2.40. The molecule has 2 aromatic heterocycles. The lowest BCUT2D eigenvalue weighted by Crippen LogP contribution is -2.34. The summed E-state index contributed by atoms with van der Waals surface area (Å²) in [4.78, 5) is 7.65. The topological polar surface area (TPSA) is 67.8 Å². The SMILES string of the molecule is NC1(c2ncc(-c3ccco3)[nH]2)CCCC1. The molecule has 0 bridgehead atoms. The highest BCUT2D eigenvalue weighted by atomic mass is 16.3. The van der Waals surface area contributed by atoms with Gasteiger partial charge in [0.25, 0.3) is 0 Å². The molecule has 1 aliphatic rings. The van der Waals surface area contributed by atoms with Crippen molar-refractivity contribution in [3.63, 3.8) is 0 Å². The van der Waals surface area contributed by atoms with Crippen LogP contribution in [0.4, 0.5) is 0 Å². The molecule has 3 N–H and O–H groups in total. The highest BCUT2D eigenvalue weighted by molar-refractivity contribution is 5.50. The summed E-state index contributed by atoms with van der Waals surface area (Å²) in [5.74, 6) is 1.69. The van der Waals surface area contributed by atoms with Crippen molar-refractivity contribution in [3.05, 3.63) is 30.4 Å². The van der Waals surface area contributed by atoms with Crippen LogP contribution in [0.5, 0.6) is 0 Å². The molecule has 1 aliphatic carbocycles. The molecule has 3 rings (SSSR count). The minimum Gasteiger partial charge on any atom is -0.463 e. The quantitative estimate of drug-likeness (QED) is 0.811. The molecule has 4 nitrogen and oxygen atoms in total. The molecule has 0 saturated heterocycles. The zero-order valence-corrected chi connectivity index (χ0v) is 9.07. The zero-order valence-electron chi connectivity index (χ0n) is 9.07. The van der Waals surface area contributed by atoms with Crippen LogP contribution in [0.1, 0.15) is 31.5 Å². The molecule has 2 heterocycles. The summed E-state index contributed by atoms with van der Waals surface area (Å²) in [5.41, 5.74) is 6.96. The van der Waals surface area contributed by atoms with Crippen LogP contribution in [-0.2, 0) is 5.54 Å². The highest BCUT2D eigenvalue weighted by Gasteiger charge is 2.34. The zero-order chi connectivity index (χ0) is 11.0. The number of hydrogen-bond donors (Lipinski definition) is 2. The first-order valence-electron chi connectivity index (χ1n) is 5.66. The minimum atomic E-state index is -0.259. The Hall–Kier alpha value is -1.55. The summed E-state index contributed by atoms with van der Waals surface area (Å²) in [7, 11) is 0. The molecule has 1 fully saturated rings. The fourth-order valence-corrected chi connectivity index (χ4v) is 2.37. The van der Waals surface area contributed by atoms with E-state index in [9.17, 15) is 0 Å². The van der Waals surface area contributed by atoms with Gasteiger partial charge in [-0.3, -0.25) is 0 Å². The van der Waals surface area contributed by atoms with Gasteiger partial charge in [0, 0.05) is 0 Å². The van der Waals surface area contributed by atoms with Crippen LogP contribution >= 0.6 is 0 Å². The fourth-order valence-electron chi connectivity index (χ4n) is 2.37. The van der Waals surface area contributed by atoms with Crippen LogP contribution in [0, 0.1) is 0 Å². The fraction of sp³-hybridized carbons (Fsp3) is 0.417. The third kappa shape index (κ3) is 1.46. The van der Waals surface area contributed by atoms with Crippen LogP contribution in [0.3, 0.4) is 0 Å². The van der Waals surface area contributed by atoms with Crippen molar-refractivity contribution in [2.24, 2.45) is 5.73 Å². The van der Waals surface area contributed by atoms with Crippen LogP contribution in [-0.4, -0.2) is 9.97 Å². The largest absolute Gasteiger partial charge is 0.463 e. The normalized spacial score (nSPS) is 19.1. The molecule has 84 valence electrons. The Morgan fingerprint density at radius 1 is 1.38 bits per heavy atom. The number of H-pyrrole nitrogens is 1. The number of nitrogens with zero attached hydrogens (tertiary/aromatic N) is 1. The minimum absolute atomic E-state index is 0.259. The Balaban J connectivity index is 1.93. The van der Waals surface area contributed by atoms with E-state index in [0.717, 1.165) is 30.1 Å². The molecule has 1 saturated carbocycles. The van der Waals surface area contributed by atoms with Crippen molar-refractivity contribution in [1.82, 2.24) is 9.97 Å². The van der Waals surface area contributed by atoms with Crippen molar-refractivity contribution < 1.29 is 4.42 Å². The van der Waals surface area contributed by atoms with Gasteiger partial charge in [-0.25, -0.2) is 4.98 Å². The van der Waals surface area contributed by atoms with Crippen LogP contribution in [0.15, 0.2) is 29.0 Å². The first kappa shape index (κ1) is 9.66. The Bertz CT molecular complexity index is 466. The summed E-state index contributed by atoms with van der Waals surface area (Å²) in [5, 5.41) is 0. The van der Waals surface area contributed by atoms with Gasteiger partial charge in [0.15, 0.2) is 5.76 Å². The number of furan rings is 1. The van der Waals surface area contributed by atoms with Crippen molar-refractivity contribution in [2.75, 3.05) is 0 Å². The number of hydrogen-bond acceptors (Lipinski definition) is 3. The molecule has 2 aromatic rings. The Labute approximate surface area is 93.9 Å². The molecule has 0 radical (unpaired) electrons. The van der Waals surface area contributed by atoms with E-state index in [-0.39, 0.29) is 5.54 Å². The van der Waals surface area contributed by atoms with E-state index < -0.39 is 0 Å². The van der Waals surface area contributed by atoms with Gasteiger partial charge >= 0.3 is 0 Å². The lowest BCUT2D eigenvalue weighted by Gasteiger charge is -2.20. The average molecular weight is 217 g/mol. The lowest BCUT2D eigenvalue weighted by molar-refractivity contribution is 0.435. The molecule has 0 unspecified atom stereocenters. The monoisotopic (exact) mass is 217 g/mol. The molecule has 4 heteroatoms. The van der Waals surface area contributed by atoms with E-state index in [0.29, 0.717) is 0 Å². The molecule has 0 aromatic carbocycles. The number of nitrogens with one attached hydrogen (secondary N) is 1. The number of aromatic nitrogens is 2. The van der Waals surface area contributed by atoms with Crippen molar-refractivity contribution in [3.8, 4) is 11.5 Å². The average Bonchev–Trinajstić information content (AvgIpc) is 2.98. The van der Waals surface area contributed by atoms with Gasteiger partial charge in [0.2, 0.25) is 0 Å². The lowest BCUT2D eigenvalue weighted by atomic mass is 9.99. The van der Waals surface area contributed by atoms with Gasteiger partial charge in [-0.1, -0.05) is 12.8 Å². The maximum Gasteiger partial charge on any atom is 0.151 e. The Morgan fingerprint density at radius 3 is 2.88 bits per heavy atom. The van der Waals surface area contributed by atoms with E-state index in [1.807, 2.05) is 12.1 Å². The second-order valence-electron chi connectivity index (χ2n) is 4.49. The van der Waals surface area contributed by atoms with Crippen molar-refractivity contribution >= 4 is 0 Å². The van der Waals surface area contributed by atoms with Gasteiger partial charge in [-0.2, -0.15) is 0 Å². The van der Waals surface area contributed by atoms with E-state index in [1.54, 1.807) is 12.5 Å². The van der Waals surface area contributed by atoms with Crippen molar-refractivity contribution in [1.29, 1.82) is 0 Å². The summed E-state index contributed by atoms with van der Waals surface area (Å²) in [6.07, 6.45) is 7.85. The molecule has 0 aliphatic heterocycles. The van der Waals surface area contributed by atoms with Gasteiger partial charge in [0.05, 0.1) is 18.0 Å². The third-order valence-corrected chi connectivity index (χ3v) is 3.33. The van der Waals surface area contributed by atoms with Crippen molar-refractivity contribution in [2.45, 2.75) is 31.2 Å². The predicted molar refractivity (Wildman–Crippen MR) is 60.6 cm³/mol. The molecule has 16 heavy (non-hydrogen) atoms. The summed E-state index contributed by atoms with van der Waals surface area (Å²) < 4.78 is 5.32. The first-order valence-corrected chi connectivity index (χ1v) is 5.66. The Kier molecular flexibility index (Phi) is 2.11. The maximum absolute atomic E-state index is 6.32. The molecule has 0 atom stereocenters. The second-order valence-corrected chi connectivity index (χ2v) is 4.49. The molecular weight excluding hydrogens is 202 g/mol. The van der Waals surface area contributed by atoms with Crippen LogP contribution in [0.2, 0.25) is 0 Å². The summed E-state index contributed by atoms with van der Waals surface area (Å²) >= 11 is 0. The molecule has 0 amide bonds. The van der Waals surface area contributed by atoms with Gasteiger partial charge in [-0.15, -0.1) is 0 Å². The summed E-state index contributed by atoms with van der Waals surface area (Å²) in [6, 6.07) is 3.78. The maximum atomic E-state index is 6.32. The Morgan fingerprint density at radius 2 is 2.19 bits per heavy atom. The van der Waals surface area contributed by atoms with E-state index in [2.05, 4.69) is 9.97 Å². The van der Waals surface area contributed by atoms with E-state index in [1.165, 1.54) is 12.8 Å². The summed E-state index contributed by atoms with van der Waals surface area (Å²) in [6.45, 7) is 0. The number of imidazole rings is 1. The van der Waals surface area contributed by atoms with Gasteiger partial charge in [-0.05, 0) is 25.0 Å². The smallest absolute Gasteiger partial charge is 0.151 e. The second kappa shape index (κ2) is 3.49. The third-order valence-electron chi connectivity index (χ3n) is 3.33. The number of rotatable bonds is 2. The van der Waals surface area contributed by atoms with Crippen LogP contribution in [0.25, 0.3) is 11.5 Å². The molecule has 0 spiro atoms. The first-order chi connectivity index (χ1) is 7.78. The van der Waals surface area contributed by atoms with Gasteiger partial charge in [0.1, 0.15) is 11.5 Å². The highest BCUT2D eigenvalue weighted by Crippen LogP contribution is 2.35. The number of aromatic amines is 1. The molecular formula is C12H15N3O. The van der Waals surface area contributed by atoms with E-state index >= 15 is 0 Å². The number of nitrogens with two attached hydrogens (primary N) is 1. The van der Waals surface area contributed by atoms with Gasteiger partial charge < -0.3 is 15.1 Å². The van der Waals surface area contributed by atoms with E-state index in [4.69, 9.17) is 10.2 Å². The van der Waals surface area contributed by atoms with Crippen LogP contribution < -0.4 is 5.73 Å². The standard InChI is InChI=1S/C12H15N3O/c13-12(5-1-2-6-12)11-14-8-9(15-11)10-4-3-7-16-10/h3-4,7-8H,1-2,5-6,13H2,(H,14,15).